The number of aryl methyl sites for hydroxylation is 1. The summed E-state index contributed by atoms with van der Waals surface area (Å²) in [6.45, 7) is 7.84. The zero-order valence-corrected chi connectivity index (χ0v) is 17.2. The van der Waals surface area contributed by atoms with Crippen molar-refractivity contribution in [2.75, 3.05) is 13.1 Å². The number of hydrogen-bond donors (Lipinski definition) is 0. The van der Waals surface area contributed by atoms with Crippen molar-refractivity contribution >= 4 is 35.0 Å². The van der Waals surface area contributed by atoms with Gasteiger partial charge in [-0.2, -0.15) is 0 Å². The molecule has 0 bridgehead atoms. The molecule has 3 heterocycles. The lowest BCUT2D eigenvalue weighted by molar-refractivity contribution is -0.143. The van der Waals surface area contributed by atoms with Gasteiger partial charge in [0, 0.05) is 28.4 Å². The maximum atomic E-state index is 12.8. The van der Waals surface area contributed by atoms with Crippen LogP contribution in [0.1, 0.15) is 40.5 Å². The van der Waals surface area contributed by atoms with E-state index >= 15 is 0 Å². The third kappa shape index (κ3) is 3.64. The summed E-state index contributed by atoms with van der Waals surface area (Å²) in [7, 11) is 0. The summed E-state index contributed by atoms with van der Waals surface area (Å²) in [5.74, 6) is -2.12. The van der Waals surface area contributed by atoms with Crippen LogP contribution >= 0.6 is 11.3 Å². The lowest BCUT2D eigenvalue weighted by atomic mass is 10.1. The van der Waals surface area contributed by atoms with E-state index in [1.807, 2.05) is 49.8 Å². The van der Waals surface area contributed by atoms with E-state index in [1.165, 1.54) is 4.88 Å². The summed E-state index contributed by atoms with van der Waals surface area (Å²) in [5, 5.41) is 2.00. The standard InChI is InChI=1S/C20H23N3O4S/c1-12(2)9-22-18(25)19(26)23(20(22)27)11-17(24)16-8-13(3)21(14(16)4)10-15-6-5-7-28-15/h5-8,12H,9-11H2,1-4H3. The molecule has 1 fully saturated rings. The van der Waals surface area contributed by atoms with E-state index in [2.05, 4.69) is 0 Å². The van der Waals surface area contributed by atoms with Crippen LogP contribution in [-0.2, 0) is 16.1 Å². The van der Waals surface area contributed by atoms with Gasteiger partial charge in [0.2, 0.25) is 0 Å². The summed E-state index contributed by atoms with van der Waals surface area (Å²) in [4.78, 5) is 52.4. The van der Waals surface area contributed by atoms with E-state index in [9.17, 15) is 19.2 Å². The fraction of sp³-hybridized carbons (Fsp3) is 0.400. The highest BCUT2D eigenvalue weighted by Crippen LogP contribution is 2.21. The van der Waals surface area contributed by atoms with E-state index in [4.69, 9.17) is 0 Å². The molecule has 28 heavy (non-hydrogen) atoms. The molecule has 2 aromatic heterocycles. The summed E-state index contributed by atoms with van der Waals surface area (Å²) in [6, 6.07) is 5.06. The van der Waals surface area contributed by atoms with E-state index in [1.54, 1.807) is 17.4 Å². The summed E-state index contributed by atoms with van der Waals surface area (Å²) >= 11 is 1.64. The number of ketones is 1. The van der Waals surface area contributed by atoms with Gasteiger partial charge in [-0.15, -0.1) is 11.3 Å². The van der Waals surface area contributed by atoms with Gasteiger partial charge in [-0.3, -0.25) is 19.3 Å². The number of thiophene rings is 1. The summed E-state index contributed by atoms with van der Waals surface area (Å²) < 4.78 is 2.03. The highest BCUT2D eigenvalue weighted by molar-refractivity contribution is 7.09. The number of rotatable bonds is 7. The molecule has 148 valence electrons. The van der Waals surface area contributed by atoms with Crippen molar-refractivity contribution in [1.82, 2.24) is 14.4 Å². The van der Waals surface area contributed by atoms with Crippen molar-refractivity contribution < 1.29 is 19.2 Å². The smallest absolute Gasteiger partial charge is 0.334 e. The lowest BCUT2D eigenvalue weighted by Crippen LogP contribution is -2.38. The average molecular weight is 401 g/mol. The number of Topliss-reactive ketones (excluding diaryl/α,β-unsaturated/α-hetero) is 1. The second-order valence-electron chi connectivity index (χ2n) is 7.36. The number of urea groups is 1. The summed E-state index contributed by atoms with van der Waals surface area (Å²) in [5.41, 5.74) is 2.16. The van der Waals surface area contributed by atoms with Gasteiger partial charge in [0.15, 0.2) is 5.78 Å². The molecule has 7 nitrogen and oxygen atoms in total. The van der Waals surface area contributed by atoms with Crippen LogP contribution in [-0.4, -0.2) is 51.1 Å². The molecular weight excluding hydrogens is 378 g/mol. The Morgan fingerprint density at radius 2 is 1.79 bits per heavy atom. The Kier molecular flexibility index (Phi) is 5.51. The molecule has 0 unspecified atom stereocenters. The topological polar surface area (TPSA) is 79.7 Å². The van der Waals surface area contributed by atoms with E-state index in [-0.39, 0.29) is 18.2 Å². The number of carbonyl (C=O) groups excluding carboxylic acids is 4. The van der Waals surface area contributed by atoms with Crippen molar-refractivity contribution in [3.63, 3.8) is 0 Å². The first kappa shape index (κ1) is 20.0. The van der Waals surface area contributed by atoms with Crippen molar-refractivity contribution in [3.8, 4) is 0 Å². The van der Waals surface area contributed by atoms with Gasteiger partial charge in [-0.25, -0.2) is 9.69 Å². The Morgan fingerprint density at radius 1 is 1.11 bits per heavy atom. The maximum Gasteiger partial charge on any atom is 0.334 e. The van der Waals surface area contributed by atoms with E-state index in [0.717, 1.165) is 21.2 Å². The molecule has 0 N–H and O–H groups in total. The number of nitrogens with zero attached hydrogens (tertiary/aromatic N) is 3. The van der Waals surface area contributed by atoms with Crippen molar-refractivity contribution in [3.05, 3.63) is 45.4 Å². The zero-order valence-electron chi connectivity index (χ0n) is 16.4. The Bertz CT molecular complexity index is 943. The minimum absolute atomic E-state index is 0.0347. The normalized spacial score (nSPS) is 14.7. The quantitative estimate of drug-likeness (QED) is 0.406. The molecule has 8 heteroatoms. The molecule has 3 rings (SSSR count). The van der Waals surface area contributed by atoms with Crippen LogP contribution in [0.4, 0.5) is 4.79 Å². The van der Waals surface area contributed by atoms with Gasteiger partial charge in [-0.1, -0.05) is 19.9 Å². The van der Waals surface area contributed by atoms with Crippen LogP contribution in [0.25, 0.3) is 0 Å². The van der Waals surface area contributed by atoms with Crippen molar-refractivity contribution in [2.24, 2.45) is 5.92 Å². The maximum absolute atomic E-state index is 12.8. The first-order valence-corrected chi connectivity index (χ1v) is 9.98. The molecule has 0 atom stereocenters. The molecule has 1 aliphatic rings. The number of carbonyl (C=O) groups is 4. The molecule has 0 spiro atoms. The Balaban J connectivity index is 1.79. The molecule has 0 saturated carbocycles. The fourth-order valence-electron chi connectivity index (χ4n) is 3.33. The predicted molar refractivity (Wildman–Crippen MR) is 105 cm³/mol. The van der Waals surface area contributed by atoms with Crippen molar-refractivity contribution in [2.45, 2.75) is 34.2 Å². The second kappa shape index (κ2) is 7.71. The number of hydrogen-bond acceptors (Lipinski definition) is 5. The van der Waals surface area contributed by atoms with Gasteiger partial charge in [0.05, 0.1) is 13.1 Å². The van der Waals surface area contributed by atoms with Crippen LogP contribution in [0.3, 0.4) is 0 Å². The number of imide groups is 2. The Labute approximate surface area is 167 Å². The van der Waals surface area contributed by atoms with Crippen molar-refractivity contribution in [1.29, 1.82) is 0 Å². The molecule has 0 radical (unpaired) electrons. The minimum atomic E-state index is -0.939. The second-order valence-corrected chi connectivity index (χ2v) is 8.39. The van der Waals surface area contributed by atoms with Crippen LogP contribution < -0.4 is 0 Å². The average Bonchev–Trinajstić information content (AvgIpc) is 3.30. The monoisotopic (exact) mass is 401 g/mol. The highest BCUT2D eigenvalue weighted by Gasteiger charge is 2.45. The van der Waals surface area contributed by atoms with Crippen LogP contribution in [0, 0.1) is 19.8 Å². The molecule has 0 aliphatic carbocycles. The molecule has 4 amide bonds. The zero-order chi connectivity index (χ0) is 20.6. The van der Waals surface area contributed by atoms with E-state index in [0.29, 0.717) is 12.1 Å². The first-order valence-electron chi connectivity index (χ1n) is 9.10. The number of amides is 4. The minimum Gasteiger partial charge on any atom is -0.343 e. The SMILES string of the molecule is Cc1cc(C(=O)CN2C(=O)C(=O)N(CC(C)C)C2=O)c(C)n1Cc1cccs1. The number of aromatic nitrogens is 1. The molecule has 0 aromatic carbocycles. The molecule has 2 aromatic rings. The van der Waals surface area contributed by atoms with Gasteiger partial charge < -0.3 is 4.57 Å². The van der Waals surface area contributed by atoms with Gasteiger partial charge in [-0.05, 0) is 37.3 Å². The largest absolute Gasteiger partial charge is 0.343 e. The lowest BCUT2D eigenvalue weighted by Gasteiger charge is -2.16. The Morgan fingerprint density at radius 3 is 2.39 bits per heavy atom. The molecule has 1 aliphatic heterocycles. The third-order valence-electron chi connectivity index (χ3n) is 4.75. The van der Waals surface area contributed by atoms with E-state index < -0.39 is 24.4 Å². The summed E-state index contributed by atoms with van der Waals surface area (Å²) in [6.07, 6.45) is 0. The third-order valence-corrected chi connectivity index (χ3v) is 5.61. The molecule has 1 saturated heterocycles. The van der Waals surface area contributed by atoms with Crippen LogP contribution in [0.2, 0.25) is 0 Å². The van der Waals surface area contributed by atoms with Gasteiger partial charge in [0.1, 0.15) is 0 Å². The van der Waals surface area contributed by atoms with Gasteiger partial charge in [0.25, 0.3) is 0 Å². The Hall–Kier alpha value is -2.74. The highest BCUT2D eigenvalue weighted by atomic mass is 32.1. The first-order chi connectivity index (χ1) is 13.2. The predicted octanol–water partition coefficient (Wildman–Crippen LogP) is 2.84. The fourth-order valence-corrected chi connectivity index (χ4v) is 4.02. The van der Waals surface area contributed by atoms with Crippen LogP contribution in [0.15, 0.2) is 23.6 Å². The molecular formula is C20H23N3O4S. The van der Waals surface area contributed by atoms with Gasteiger partial charge >= 0.3 is 17.8 Å². The van der Waals surface area contributed by atoms with Crippen LogP contribution in [0.5, 0.6) is 0 Å².